The predicted octanol–water partition coefficient (Wildman–Crippen LogP) is 4.66. The standard InChI is InChI=1S/C24H27FN2O3/c1-4-13-27-19-10-9-18(14-20(19)30-15-23(2,3)22(27)29)26-21(28)24(11-12-24)16-5-7-17(25)8-6-16/h5-10,14H,4,11-13,15H2,1-3H3,(H,26,28). The maximum atomic E-state index is 13.3. The fourth-order valence-corrected chi connectivity index (χ4v) is 3.96. The van der Waals surface area contributed by atoms with Crippen LogP contribution in [0.25, 0.3) is 0 Å². The molecule has 0 unspecified atom stereocenters. The summed E-state index contributed by atoms with van der Waals surface area (Å²) in [7, 11) is 0. The number of rotatable bonds is 5. The van der Waals surface area contributed by atoms with E-state index >= 15 is 0 Å². The number of anilines is 2. The van der Waals surface area contributed by atoms with Crippen molar-refractivity contribution in [1.82, 2.24) is 0 Å². The Morgan fingerprint density at radius 3 is 2.50 bits per heavy atom. The van der Waals surface area contributed by atoms with Gasteiger partial charge in [-0.3, -0.25) is 9.59 Å². The van der Waals surface area contributed by atoms with Crippen LogP contribution in [0.15, 0.2) is 42.5 Å². The highest BCUT2D eigenvalue weighted by Crippen LogP contribution is 2.49. The number of hydrogen-bond acceptors (Lipinski definition) is 3. The first-order valence-electron chi connectivity index (χ1n) is 10.4. The second-order valence-electron chi connectivity index (χ2n) is 8.85. The molecule has 1 heterocycles. The summed E-state index contributed by atoms with van der Waals surface area (Å²) in [6.07, 6.45) is 2.30. The Labute approximate surface area is 176 Å². The van der Waals surface area contributed by atoms with Crippen molar-refractivity contribution in [3.8, 4) is 5.75 Å². The van der Waals surface area contributed by atoms with E-state index < -0.39 is 10.8 Å². The summed E-state index contributed by atoms with van der Waals surface area (Å²) in [6.45, 7) is 6.68. The van der Waals surface area contributed by atoms with E-state index in [0.717, 1.165) is 30.5 Å². The Morgan fingerprint density at radius 1 is 1.17 bits per heavy atom. The molecule has 0 saturated heterocycles. The van der Waals surface area contributed by atoms with E-state index in [1.165, 1.54) is 12.1 Å². The molecule has 2 aromatic carbocycles. The summed E-state index contributed by atoms with van der Waals surface area (Å²) < 4.78 is 19.2. The zero-order valence-corrected chi connectivity index (χ0v) is 17.6. The van der Waals surface area contributed by atoms with Crippen LogP contribution in [-0.2, 0) is 15.0 Å². The average Bonchev–Trinajstić information content (AvgIpc) is 3.53. The Bertz CT molecular complexity index is 980. The molecule has 158 valence electrons. The van der Waals surface area contributed by atoms with E-state index in [9.17, 15) is 14.0 Å². The molecule has 30 heavy (non-hydrogen) atoms. The highest BCUT2D eigenvalue weighted by atomic mass is 19.1. The molecule has 4 rings (SSSR count). The van der Waals surface area contributed by atoms with Gasteiger partial charge in [-0.1, -0.05) is 19.1 Å². The van der Waals surface area contributed by atoms with E-state index in [4.69, 9.17) is 4.74 Å². The first kappa shape index (κ1) is 20.4. The van der Waals surface area contributed by atoms with Crippen LogP contribution in [0, 0.1) is 11.2 Å². The molecule has 1 N–H and O–H groups in total. The van der Waals surface area contributed by atoms with Crippen LogP contribution in [0.1, 0.15) is 45.6 Å². The minimum absolute atomic E-state index is 0.0353. The van der Waals surface area contributed by atoms with Gasteiger partial charge in [-0.15, -0.1) is 0 Å². The van der Waals surface area contributed by atoms with Crippen molar-refractivity contribution in [2.24, 2.45) is 5.41 Å². The molecular formula is C24H27FN2O3. The lowest BCUT2D eigenvalue weighted by atomic mass is 9.93. The number of hydrogen-bond donors (Lipinski definition) is 1. The van der Waals surface area contributed by atoms with Gasteiger partial charge in [0.15, 0.2) is 0 Å². The van der Waals surface area contributed by atoms with Crippen LogP contribution in [0.5, 0.6) is 5.75 Å². The highest BCUT2D eigenvalue weighted by Gasteiger charge is 2.51. The second-order valence-corrected chi connectivity index (χ2v) is 8.85. The molecule has 5 nitrogen and oxygen atoms in total. The third-order valence-corrected chi connectivity index (χ3v) is 5.95. The molecule has 2 aliphatic rings. The second kappa shape index (κ2) is 7.42. The maximum absolute atomic E-state index is 13.3. The number of carbonyl (C=O) groups is 2. The number of benzene rings is 2. The molecule has 1 aliphatic heterocycles. The number of nitrogens with zero attached hydrogens (tertiary/aromatic N) is 1. The zero-order valence-electron chi connectivity index (χ0n) is 17.6. The molecule has 0 atom stereocenters. The van der Waals surface area contributed by atoms with Crippen molar-refractivity contribution in [3.63, 3.8) is 0 Å². The average molecular weight is 410 g/mol. The molecule has 0 radical (unpaired) electrons. The molecule has 0 bridgehead atoms. The Kier molecular flexibility index (Phi) is 5.04. The molecule has 2 aromatic rings. The summed E-state index contributed by atoms with van der Waals surface area (Å²) in [6, 6.07) is 11.6. The normalized spacial score (nSPS) is 18.8. The lowest BCUT2D eigenvalue weighted by Gasteiger charge is -2.27. The van der Waals surface area contributed by atoms with Crippen molar-refractivity contribution >= 4 is 23.2 Å². The first-order chi connectivity index (χ1) is 14.3. The topological polar surface area (TPSA) is 58.6 Å². The molecule has 1 fully saturated rings. The van der Waals surface area contributed by atoms with Crippen molar-refractivity contribution in [3.05, 3.63) is 53.8 Å². The summed E-state index contributed by atoms with van der Waals surface area (Å²) >= 11 is 0. The molecule has 0 aromatic heterocycles. The van der Waals surface area contributed by atoms with Crippen LogP contribution >= 0.6 is 0 Å². The van der Waals surface area contributed by atoms with Gasteiger partial charge in [-0.05, 0) is 62.9 Å². The van der Waals surface area contributed by atoms with Gasteiger partial charge < -0.3 is 15.0 Å². The molecule has 2 amide bonds. The minimum atomic E-state index is -0.627. The molecular weight excluding hydrogens is 383 g/mol. The lowest BCUT2D eigenvalue weighted by molar-refractivity contribution is -0.127. The van der Waals surface area contributed by atoms with Gasteiger partial charge in [0.2, 0.25) is 11.8 Å². The largest absolute Gasteiger partial charge is 0.490 e. The zero-order chi connectivity index (χ0) is 21.5. The van der Waals surface area contributed by atoms with Crippen LogP contribution in [0.2, 0.25) is 0 Å². The lowest BCUT2D eigenvalue weighted by Crippen LogP contribution is -2.42. The van der Waals surface area contributed by atoms with E-state index in [1.807, 2.05) is 26.8 Å². The van der Waals surface area contributed by atoms with E-state index in [2.05, 4.69) is 5.32 Å². The fourth-order valence-electron chi connectivity index (χ4n) is 3.96. The van der Waals surface area contributed by atoms with Crippen molar-refractivity contribution in [1.29, 1.82) is 0 Å². The molecule has 6 heteroatoms. The smallest absolute Gasteiger partial charge is 0.236 e. The van der Waals surface area contributed by atoms with Gasteiger partial charge in [-0.2, -0.15) is 0 Å². The van der Waals surface area contributed by atoms with Crippen molar-refractivity contribution < 1.29 is 18.7 Å². The van der Waals surface area contributed by atoms with E-state index in [1.54, 1.807) is 29.2 Å². The van der Waals surface area contributed by atoms with Gasteiger partial charge >= 0.3 is 0 Å². The number of nitrogens with one attached hydrogen (secondary N) is 1. The summed E-state index contributed by atoms with van der Waals surface area (Å²) in [5.41, 5.74) is 0.945. The van der Waals surface area contributed by atoms with Gasteiger partial charge in [-0.25, -0.2) is 4.39 Å². The molecule has 1 saturated carbocycles. The fraction of sp³-hybridized carbons (Fsp3) is 0.417. The van der Waals surface area contributed by atoms with Crippen LogP contribution < -0.4 is 15.0 Å². The Morgan fingerprint density at radius 2 is 1.87 bits per heavy atom. The summed E-state index contributed by atoms with van der Waals surface area (Å²) in [4.78, 5) is 27.8. The number of carbonyl (C=O) groups excluding carboxylic acids is 2. The third kappa shape index (κ3) is 3.55. The van der Waals surface area contributed by atoms with Gasteiger partial charge in [0.1, 0.15) is 18.2 Å². The number of halogens is 1. The van der Waals surface area contributed by atoms with Crippen LogP contribution in [0.4, 0.5) is 15.8 Å². The number of ether oxygens (including phenoxy) is 1. The Balaban J connectivity index is 1.59. The predicted molar refractivity (Wildman–Crippen MR) is 114 cm³/mol. The third-order valence-electron chi connectivity index (χ3n) is 5.95. The van der Waals surface area contributed by atoms with E-state index in [0.29, 0.717) is 18.0 Å². The first-order valence-corrected chi connectivity index (χ1v) is 10.4. The maximum Gasteiger partial charge on any atom is 0.236 e. The van der Waals surface area contributed by atoms with E-state index in [-0.39, 0.29) is 24.2 Å². The summed E-state index contributed by atoms with van der Waals surface area (Å²) in [5.74, 6) is 0.205. The molecule has 1 aliphatic carbocycles. The van der Waals surface area contributed by atoms with Crippen molar-refractivity contribution in [2.75, 3.05) is 23.4 Å². The summed E-state index contributed by atoms with van der Waals surface area (Å²) in [5, 5.41) is 2.99. The number of fused-ring (bicyclic) bond motifs is 1. The van der Waals surface area contributed by atoms with Gasteiger partial charge in [0.05, 0.1) is 16.5 Å². The van der Waals surface area contributed by atoms with Crippen LogP contribution in [-0.4, -0.2) is 25.0 Å². The van der Waals surface area contributed by atoms with Gasteiger partial charge in [0.25, 0.3) is 0 Å². The van der Waals surface area contributed by atoms with Crippen LogP contribution in [0.3, 0.4) is 0 Å². The minimum Gasteiger partial charge on any atom is -0.490 e. The SMILES string of the molecule is CCCN1C(=O)C(C)(C)COc2cc(NC(=O)C3(c4ccc(F)cc4)CC3)ccc21. The molecule has 0 spiro atoms. The Hall–Kier alpha value is -2.89. The number of amides is 2. The van der Waals surface area contributed by atoms with Crippen molar-refractivity contribution in [2.45, 2.75) is 45.4 Å². The quantitative estimate of drug-likeness (QED) is 0.780. The highest BCUT2D eigenvalue weighted by molar-refractivity contribution is 6.03. The van der Waals surface area contributed by atoms with Gasteiger partial charge in [0, 0.05) is 18.3 Å². The monoisotopic (exact) mass is 410 g/mol.